The first-order chi connectivity index (χ1) is 14.4. The van der Waals surface area contributed by atoms with E-state index < -0.39 is 25.0 Å². The molecule has 0 aromatic carbocycles. The lowest BCUT2D eigenvalue weighted by atomic mass is 10.1. The summed E-state index contributed by atoms with van der Waals surface area (Å²) in [6, 6.07) is 6.80. The van der Waals surface area contributed by atoms with Crippen LogP contribution < -0.4 is 0 Å². The van der Waals surface area contributed by atoms with E-state index in [2.05, 4.69) is 81.5 Å². The second kappa shape index (κ2) is 12.0. The van der Waals surface area contributed by atoms with Crippen LogP contribution in [0.4, 0.5) is 0 Å². The molecule has 0 N–H and O–H groups in total. The molecule has 0 aromatic heterocycles. The summed E-state index contributed by atoms with van der Waals surface area (Å²) in [7, 11) is -5.48. The van der Waals surface area contributed by atoms with Gasteiger partial charge in [0.15, 0.2) is 25.0 Å². The fourth-order valence-corrected chi connectivity index (χ4v) is 10.8. The van der Waals surface area contributed by atoms with Crippen LogP contribution in [0, 0.1) is 0 Å². The molecule has 0 unspecified atom stereocenters. The van der Waals surface area contributed by atoms with Crippen molar-refractivity contribution in [1.29, 1.82) is 0 Å². The van der Waals surface area contributed by atoms with Gasteiger partial charge in [-0.1, -0.05) is 62.3 Å². The molecule has 3 atom stereocenters. The SMILES string of the molecule is CC[Si](CC)(CC)O[C@@H]1[C@H](O[Si](CC)(CC)CC)C=CO[C@@H]1CO[Si](C)(C)C(C)(C)C. The standard InChI is InChI=1S/C24H52O4Si3/c1-12-30(13-2,14-3)27-21-18-19-25-22(20-26-29(10,11)24(7,8)9)23(21)28-31(15-4,16-5)17-6/h18-19,21-23H,12-17,20H2,1-11H3/t21-,22-,23-/m1/s1. The van der Waals surface area contributed by atoms with Gasteiger partial charge in [-0.05, 0) is 60.5 Å². The summed E-state index contributed by atoms with van der Waals surface area (Å²) in [5, 5.41) is 0.174. The van der Waals surface area contributed by atoms with E-state index in [1.807, 2.05) is 6.26 Å². The van der Waals surface area contributed by atoms with Crippen LogP contribution in [-0.2, 0) is 18.0 Å². The van der Waals surface area contributed by atoms with Gasteiger partial charge >= 0.3 is 0 Å². The summed E-state index contributed by atoms with van der Waals surface area (Å²) in [4.78, 5) is 0. The lowest BCUT2D eigenvalue weighted by Gasteiger charge is -2.45. The van der Waals surface area contributed by atoms with Crippen LogP contribution in [0.25, 0.3) is 0 Å². The zero-order valence-electron chi connectivity index (χ0n) is 22.5. The highest BCUT2D eigenvalue weighted by atomic mass is 28.4. The third kappa shape index (κ3) is 7.27. The Hall–Kier alpha value is 0.0706. The summed E-state index contributed by atoms with van der Waals surface area (Å²) in [6.45, 7) is 25.8. The summed E-state index contributed by atoms with van der Waals surface area (Å²) < 4.78 is 26.8. The number of ether oxygens (including phenoxy) is 1. The van der Waals surface area contributed by atoms with Crippen LogP contribution in [0.5, 0.6) is 0 Å². The van der Waals surface area contributed by atoms with Gasteiger partial charge in [0.25, 0.3) is 0 Å². The van der Waals surface area contributed by atoms with Crippen LogP contribution in [-0.4, -0.2) is 49.9 Å². The molecule has 7 heteroatoms. The predicted molar refractivity (Wildman–Crippen MR) is 141 cm³/mol. The first-order valence-electron chi connectivity index (χ1n) is 12.7. The van der Waals surface area contributed by atoms with Gasteiger partial charge in [-0.15, -0.1) is 0 Å². The minimum atomic E-state index is -1.87. The Morgan fingerprint density at radius 2 is 1.23 bits per heavy atom. The fraction of sp³-hybridized carbons (Fsp3) is 0.917. The van der Waals surface area contributed by atoms with Gasteiger partial charge < -0.3 is 18.0 Å². The zero-order chi connectivity index (χ0) is 23.9. The average molecular weight is 489 g/mol. The monoisotopic (exact) mass is 488 g/mol. The number of hydrogen-bond acceptors (Lipinski definition) is 4. The van der Waals surface area contributed by atoms with Crippen molar-refractivity contribution in [3.63, 3.8) is 0 Å². The lowest BCUT2D eigenvalue weighted by molar-refractivity contribution is -0.0669. The summed E-state index contributed by atoms with van der Waals surface area (Å²) >= 11 is 0. The molecule has 31 heavy (non-hydrogen) atoms. The zero-order valence-corrected chi connectivity index (χ0v) is 25.5. The molecule has 1 aliphatic rings. The average Bonchev–Trinajstić information content (AvgIpc) is 2.75. The van der Waals surface area contributed by atoms with Crippen molar-refractivity contribution in [2.75, 3.05) is 6.61 Å². The highest BCUT2D eigenvalue weighted by Crippen LogP contribution is 2.38. The van der Waals surface area contributed by atoms with E-state index in [1.165, 1.54) is 0 Å². The Balaban J connectivity index is 3.22. The second-order valence-corrected chi connectivity index (χ2v) is 25.0. The van der Waals surface area contributed by atoms with E-state index in [1.54, 1.807) is 0 Å². The molecule has 0 aromatic rings. The van der Waals surface area contributed by atoms with Crippen LogP contribution >= 0.6 is 0 Å². The largest absolute Gasteiger partial charge is 0.493 e. The predicted octanol–water partition coefficient (Wildman–Crippen LogP) is 7.70. The molecule has 0 radical (unpaired) electrons. The fourth-order valence-electron chi connectivity index (χ4n) is 4.09. The summed E-state index contributed by atoms with van der Waals surface area (Å²) in [6.07, 6.45) is 3.72. The second-order valence-electron chi connectivity index (χ2n) is 10.7. The minimum absolute atomic E-state index is 0.0372. The summed E-state index contributed by atoms with van der Waals surface area (Å²) in [5.74, 6) is 0. The van der Waals surface area contributed by atoms with Crippen molar-refractivity contribution in [1.82, 2.24) is 0 Å². The number of rotatable bonds is 13. The molecule has 0 aliphatic carbocycles. The van der Waals surface area contributed by atoms with Crippen molar-refractivity contribution < 1.29 is 18.0 Å². The quantitative estimate of drug-likeness (QED) is 0.249. The molecule has 0 amide bonds. The van der Waals surface area contributed by atoms with Crippen molar-refractivity contribution in [3.8, 4) is 0 Å². The van der Waals surface area contributed by atoms with E-state index in [4.69, 9.17) is 18.0 Å². The van der Waals surface area contributed by atoms with Crippen molar-refractivity contribution in [3.05, 3.63) is 12.3 Å². The molecule has 0 saturated carbocycles. The topological polar surface area (TPSA) is 36.9 Å². The molecule has 4 nitrogen and oxygen atoms in total. The van der Waals surface area contributed by atoms with E-state index in [9.17, 15) is 0 Å². The molecule has 0 saturated heterocycles. The minimum Gasteiger partial charge on any atom is -0.493 e. The normalized spacial score (nSPS) is 23.1. The maximum atomic E-state index is 7.08. The van der Waals surface area contributed by atoms with Gasteiger partial charge in [0.2, 0.25) is 0 Å². The first kappa shape index (κ1) is 29.1. The Kier molecular flexibility index (Phi) is 11.2. The van der Waals surface area contributed by atoms with Crippen molar-refractivity contribution in [2.45, 2.75) is 135 Å². The molecule has 1 aliphatic heterocycles. The van der Waals surface area contributed by atoms with E-state index >= 15 is 0 Å². The maximum Gasteiger partial charge on any atom is 0.193 e. The molecule has 0 spiro atoms. The molecular formula is C24H52O4Si3. The van der Waals surface area contributed by atoms with Gasteiger partial charge in [-0.25, -0.2) is 0 Å². The van der Waals surface area contributed by atoms with E-state index in [-0.39, 0.29) is 23.4 Å². The van der Waals surface area contributed by atoms with E-state index in [0.717, 1.165) is 36.3 Å². The molecule has 184 valence electrons. The molecule has 0 bridgehead atoms. The maximum absolute atomic E-state index is 7.08. The Labute approximate surface area is 196 Å². The molecule has 0 fully saturated rings. The van der Waals surface area contributed by atoms with Crippen LogP contribution in [0.1, 0.15) is 62.3 Å². The van der Waals surface area contributed by atoms with Crippen molar-refractivity contribution >= 4 is 25.0 Å². The third-order valence-corrected chi connectivity index (χ3v) is 22.0. The van der Waals surface area contributed by atoms with Gasteiger partial charge in [-0.3, -0.25) is 0 Å². The Bertz CT molecular complexity index is 535. The Morgan fingerprint density at radius 1 is 0.774 bits per heavy atom. The number of hydrogen-bond donors (Lipinski definition) is 0. The van der Waals surface area contributed by atoms with Gasteiger partial charge in [0.1, 0.15) is 12.2 Å². The highest BCUT2D eigenvalue weighted by Gasteiger charge is 2.45. The van der Waals surface area contributed by atoms with Gasteiger partial charge in [0, 0.05) is 0 Å². The third-order valence-electron chi connectivity index (χ3n) is 8.26. The molecular weight excluding hydrogens is 437 g/mol. The van der Waals surface area contributed by atoms with Crippen LogP contribution in [0.3, 0.4) is 0 Å². The van der Waals surface area contributed by atoms with Crippen LogP contribution in [0.2, 0.25) is 54.4 Å². The molecule has 1 rings (SSSR count). The first-order valence-corrected chi connectivity index (χ1v) is 20.7. The van der Waals surface area contributed by atoms with Gasteiger partial charge in [-0.2, -0.15) is 0 Å². The van der Waals surface area contributed by atoms with Gasteiger partial charge in [0.05, 0.1) is 19.0 Å². The molecule has 1 heterocycles. The highest BCUT2D eigenvalue weighted by molar-refractivity contribution is 6.74. The lowest BCUT2D eigenvalue weighted by Crippen LogP contribution is -2.56. The van der Waals surface area contributed by atoms with Crippen LogP contribution in [0.15, 0.2) is 12.3 Å². The smallest absolute Gasteiger partial charge is 0.193 e. The Morgan fingerprint density at radius 3 is 1.65 bits per heavy atom. The van der Waals surface area contributed by atoms with Crippen molar-refractivity contribution in [2.24, 2.45) is 0 Å². The summed E-state index contributed by atoms with van der Waals surface area (Å²) in [5.41, 5.74) is 0. The van der Waals surface area contributed by atoms with E-state index in [0.29, 0.717) is 6.61 Å².